The van der Waals surface area contributed by atoms with Crippen LogP contribution in [0.2, 0.25) is 0 Å². The predicted octanol–water partition coefficient (Wildman–Crippen LogP) is 2.16. The number of ether oxygens (including phenoxy) is 2. The molecule has 7 heteroatoms. The minimum atomic E-state index is -0.957. The minimum Gasteiger partial charge on any atom is -0.481 e. The van der Waals surface area contributed by atoms with Crippen molar-refractivity contribution >= 4 is 11.9 Å². The summed E-state index contributed by atoms with van der Waals surface area (Å²) >= 11 is 0. The number of aliphatic carboxylic acids is 1. The molecule has 7 nitrogen and oxygen atoms in total. The fourth-order valence-electron chi connectivity index (χ4n) is 3.46. The van der Waals surface area contributed by atoms with E-state index in [4.69, 9.17) is 14.6 Å². The largest absolute Gasteiger partial charge is 0.481 e. The molecule has 25 heavy (non-hydrogen) atoms. The average Bonchev–Trinajstić information content (AvgIpc) is 3.03. The number of nitrogens with zero attached hydrogens (tertiary/aromatic N) is 1. The van der Waals surface area contributed by atoms with Gasteiger partial charge in [0.2, 0.25) is 5.88 Å². The molecular weight excluding hydrogens is 324 g/mol. The maximum Gasteiger partial charge on any atom is 0.305 e. The number of carboxylic acids is 1. The molecule has 1 aliphatic heterocycles. The van der Waals surface area contributed by atoms with Crippen molar-refractivity contribution in [2.24, 2.45) is 0 Å². The highest BCUT2D eigenvalue weighted by Gasteiger charge is 2.38. The monoisotopic (exact) mass is 348 g/mol. The lowest BCUT2D eigenvalue weighted by Crippen LogP contribution is -2.50. The normalized spacial score (nSPS) is 24.0. The Hall–Kier alpha value is -2.15. The number of nitrogens with one attached hydrogen (secondary N) is 1. The van der Waals surface area contributed by atoms with Crippen LogP contribution in [-0.2, 0) is 9.53 Å². The number of carbonyl (C=O) groups is 2. The van der Waals surface area contributed by atoms with Gasteiger partial charge >= 0.3 is 5.97 Å². The number of aromatic nitrogens is 1. The van der Waals surface area contributed by atoms with E-state index in [1.165, 1.54) is 6.42 Å². The molecule has 0 aromatic carbocycles. The number of amides is 1. The number of hydrogen-bond donors (Lipinski definition) is 2. The summed E-state index contributed by atoms with van der Waals surface area (Å²) in [4.78, 5) is 27.9. The third kappa shape index (κ3) is 4.69. The third-order valence-corrected chi connectivity index (χ3v) is 4.81. The van der Waals surface area contributed by atoms with Crippen LogP contribution in [0.3, 0.4) is 0 Å². The van der Waals surface area contributed by atoms with Gasteiger partial charge in [-0.05, 0) is 38.2 Å². The van der Waals surface area contributed by atoms with Gasteiger partial charge in [0, 0.05) is 24.4 Å². The van der Waals surface area contributed by atoms with Crippen molar-refractivity contribution in [1.29, 1.82) is 0 Å². The molecule has 1 aliphatic carbocycles. The fraction of sp³-hybridized carbons (Fsp3) is 0.611. The summed E-state index contributed by atoms with van der Waals surface area (Å²) in [5.41, 5.74) is -0.436. The Labute approximate surface area is 146 Å². The maximum atomic E-state index is 12.6. The van der Waals surface area contributed by atoms with Gasteiger partial charge in [-0.2, -0.15) is 0 Å². The first-order valence-electron chi connectivity index (χ1n) is 8.81. The highest BCUT2D eigenvalue weighted by Crippen LogP contribution is 2.25. The van der Waals surface area contributed by atoms with Crippen LogP contribution in [0.25, 0.3) is 0 Å². The summed E-state index contributed by atoms with van der Waals surface area (Å²) in [6.07, 6.45) is 7.60. The van der Waals surface area contributed by atoms with Gasteiger partial charge in [-0.1, -0.05) is 6.42 Å². The maximum absolute atomic E-state index is 12.6. The van der Waals surface area contributed by atoms with Crippen molar-refractivity contribution in [1.82, 2.24) is 10.3 Å². The molecule has 2 fully saturated rings. The van der Waals surface area contributed by atoms with Crippen LogP contribution in [0, 0.1) is 0 Å². The second-order valence-electron chi connectivity index (χ2n) is 6.87. The number of carbonyl (C=O) groups excluding carboxylic acids is 1. The molecule has 1 unspecified atom stereocenters. The van der Waals surface area contributed by atoms with E-state index in [1.807, 2.05) is 0 Å². The number of carboxylic acid groups (broad SMARTS) is 1. The van der Waals surface area contributed by atoms with Gasteiger partial charge in [-0.15, -0.1) is 0 Å². The lowest BCUT2D eigenvalue weighted by molar-refractivity contribution is -0.138. The molecule has 1 aromatic rings. The van der Waals surface area contributed by atoms with Crippen molar-refractivity contribution in [3.05, 3.63) is 23.9 Å². The quantitative estimate of drug-likeness (QED) is 0.817. The second kappa shape index (κ2) is 7.82. The van der Waals surface area contributed by atoms with Crippen molar-refractivity contribution in [3.63, 3.8) is 0 Å². The molecule has 2 heterocycles. The zero-order valence-electron chi connectivity index (χ0n) is 14.2. The van der Waals surface area contributed by atoms with Crippen molar-refractivity contribution in [2.45, 2.75) is 56.6 Å². The van der Waals surface area contributed by atoms with Crippen molar-refractivity contribution < 1.29 is 24.2 Å². The molecule has 136 valence electrons. The SMILES string of the molecule is O=C(O)CC1(NC(=O)c2ccnc(OC3CCCCC3)c2)CCOC1. The topological polar surface area (TPSA) is 97.8 Å². The van der Waals surface area contributed by atoms with Gasteiger partial charge < -0.3 is 19.9 Å². The van der Waals surface area contributed by atoms with Crippen LogP contribution < -0.4 is 10.1 Å². The van der Waals surface area contributed by atoms with E-state index in [2.05, 4.69) is 10.3 Å². The number of rotatable bonds is 6. The average molecular weight is 348 g/mol. The molecule has 1 amide bonds. The molecular formula is C18H24N2O5. The molecule has 1 aromatic heterocycles. The Morgan fingerprint density at radius 1 is 1.36 bits per heavy atom. The van der Waals surface area contributed by atoms with Gasteiger partial charge in [0.15, 0.2) is 0 Å². The first-order valence-corrected chi connectivity index (χ1v) is 8.81. The number of pyridine rings is 1. The van der Waals surface area contributed by atoms with Crippen LogP contribution >= 0.6 is 0 Å². The Balaban J connectivity index is 1.67. The fourth-order valence-corrected chi connectivity index (χ4v) is 3.46. The van der Waals surface area contributed by atoms with E-state index < -0.39 is 11.5 Å². The summed E-state index contributed by atoms with van der Waals surface area (Å²) in [6.45, 7) is 0.654. The van der Waals surface area contributed by atoms with Crippen LogP contribution in [0.1, 0.15) is 55.3 Å². The van der Waals surface area contributed by atoms with Crippen molar-refractivity contribution in [2.75, 3.05) is 13.2 Å². The molecule has 0 radical (unpaired) electrons. The van der Waals surface area contributed by atoms with Gasteiger partial charge in [0.1, 0.15) is 6.10 Å². The minimum absolute atomic E-state index is 0.154. The molecule has 2 N–H and O–H groups in total. The van der Waals surface area contributed by atoms with Crippen LogP contribution in [0.5, 0.6) is 5.88 Å². The zero-order valence-corrected chi connectivity index (χ0v) is 14.2. The lowest BCUT2D eigenvalue weighted by atomic mass is 9.94. The predicted molar refractivity (Wildman–Crippen MR) is 89.6 cm³/mol. The van der Waals surface area contributed by atoms with E-state index in [9.17, 15) is 9.59 Å². The van der Waals surface area contributed by atoms with Gasteiger partial charge in [0.25, 0.3) is 5.91 Å². The molecule has 2 aliphatic rings. The Kier molecular flexibility index (Phi) is 5.53. The summed E-state index contributed by atoms with van der Waals surface area (Å²) in [6, 6.07) is 3.22. The van der Waals surface area contributed by atoms with E-state index in [1.54, 1.807) is 18.3 Å². The molecule has 1 atom stereocenters. The Bertz CT molecular complexity index is 622. The van der Waals surface area contributed by atoms with Gasteiger partial charge in [-0.3, -0.25) is 9.59 Å². The number of hydrogen-bond acceptors (Lipinski definition) is 5. The van der Waals surface area contributed by atoms with E-state index in [0.717, 1.165) is 25.7 Å². The standard InChI is InChI=1S/C18H24N2O5/c21-16(22)11-18(7-9-24-12-18)20-17(23)13-6-8-19-15(10-13)25-14-4-2-1-3-5-14/h6,8,10,14H,1-5,7,9,11-12H2,(H,20,23)(H,21,22). The molecule has 0 spiro atoms. The second-order valence-corrected chi connectivity index (χ2v) is 6.87. The highest BCUT2D eigenvalue weighted by atomic mass is 16.5. The van der Waals surface area contributed by atoms with Gasteiger partial charge in [-0.25, -0.2) is 4.98 Å². The Morgan fingerprint density at radius 3 is 2.84 bits per heavy atom. The van der Waals surface area contributed by atoms with E-state index in [0.29, 0.717) is 24.5 Å². The smallest absolute Gasteiger partial charge is 0.305 e. The van der Waals surface area contributed by atoms with Crippen molar-refractivity contribution in [3.8, 4) is 5.88 Å². The van der Waals surface area contributed by atoms with Gasteiger partial charge in [0.05, 0.1) is 18.6 Å². The first kappa shape index (κ1) is 17.7. The molecule has 0 bridgehead atoms. The third-order valence-electron chi connectivity index (χ3n) is 4.81. The first-order chi connectivity index (χ1) is 12.1. The van der Waals surface area contributed by atoms with E-state index in [-0.39, 0.29) is 25.0 Å². The van der Waals surface area contributed by atoms with Crippen LogP contribution in [0.4, 0.5) is 0 Å². The molecule has 3 rings (SSSR count). The molecule has 1 saturated carbocycles. The molecule has 1 saturated heterocycles. The zero-order chi connectivity index (χ0) is 17.7. The van der Waals surface area contributed by atoms with Crippen LogP contribution in [0.15, 0.2) is 18.3 Å². The van der Waals surface area contributed by atoms with E-state index >= 15 is 0 Å². The summed E-state index contributed by atoms with van der Waals surface area (Å²) < 4.78 is 11.2. The summed E-state index contributed by atoms with van der Waals surface area (Å²) in [7, 11) is 0. The highest BCUT2D eigenvalue weighted by molar-refractivity contribution is 5.95. The summed E-state index contributed by atoms with van der Waals surface area (Å²) in [5, 5.41) is 12.0. The Morgan fingerprint density at radius 2 is 2.16 bits per heavy atom. The summed E-state index contributed by atoms with van der Waals surface area (Å²) in [5.74, 6) is -0.848. The van der Waals surface area contributed by atoms with Crippen LogP contribution in [-0.4, -0.2) is 46.8 Å². The lowest BCUT2D eigenvalue weighted by Gasteiger charge is -2.27.